The fourth-order valence-electron chi connectivity index (χ4n) is 5.89. The Morgan fingerprint density at radius 2 is 1.05 bits per heavy atom. The summed E-state index contributed by atoms with van der Waals surface area (Å²) in [6.45, 7) is 15.4. The molecule has 0 saturated carbocycles. The Morgan fingerprint density at radius 3 is 1.48 bits per heavy atom. The third-order valence-electron chi connectivity index (χ3n) is 9.13. The molecule has 0 bridgehead atoms. The Bertz CT molecular complexity index is 2110. The van der Waals surface area contributed by atoms with Crippen LogP contribution in [0.2, 0.25) is 0 Å². The molecule has 62 heavy (non-hydrogen) atoms. The fourth-order valence-corrected chi connectivity index (χ4v) is 7.11. The second-order valence-corrected chi connectivity index (χ2v) is 15.4. The van der Waals surface area contributed by atoms with Crippen LogP contribution < -0.4 is 31.9 Å². The van der Waals surface area contributed by atoms with Crippen molar-refractivity contribution in [2.45, 2.75) is 50.3 Å². The van der Waals surface area contributed by atoms with Crippen molar-refractivity contribution in [1.82, 2.24) is 39.7 Å². The van der Waals surface area contributed by atoms with Crippen LogP contribution in [0.15, 0.2) is 46.2 Å². The van der Waals surface area contributed by atoms with Gasteiger partial charge in [0.05, 0.1) is 25.3 Å². The molecule has 340 valence electrons. The smallest absolute Gasteiger partial charge is 0.295 e. The average Bonchev–Trinajstić information content (AvgIpc) is 3.26. The Morgan fingerprint density at radius 1 is 0.629 bits per heavy atom. The molecule has 24 heteroatoms. The lowest BCUT2D eigenvalue weighted by atomic mass is 10.1. The summed E-state index contributed by atoms with van der Waals surface area (Å²) < 4.78 is 40.4. The van der Waals surface area contributed by atoms with Gasteiger partial charge in [-0.25, -0.2) is 5.26 Å². The molecule has 0 atom stereocenters. The van der Waals surface area contributed by atoms with E-state index in [1.165, 1.54) is 18.2 Å². The second kappa shape index (κ2) is 26.5. The van der Waals surface area contributed by atoms with Gasteiger partial charge in [-0.3, -0.25) is 4.55 Å². The van der Waals surface area contributed by atoms with Crippen LogP contribution in [0.4, 0.5) is 47.1 Å². The molecule has 0 amide bonds. The lowest BCUT2D eigenvalue weighted by Gasteiger charge is -2.17. The molecular weight excluding hydrogens is 845 g/mol. The number of nitrogens with one attached hydrogen (secondary N) is 6. The average molecular weight is 903 g/mol. The molecule has 2 aromatic heterocycles. The first kappa shape index (κ1) is 49.6. The van der Waals surface area contributed by atoms with Gasteiger partial charge in [0, 0.05) is 42.4 Å². The Labute approximate surface area is 366 Å². The summed E-state index contributed by atoms with van der Waals surface area (Å²) in [5.74, 6) is 1.33. The largest absolute Gasteiger partial charge is 0.395 e. The lowest BCUT2D eigenvalue weighted by molar-refractivity contribution is -0.432. The monoisotopic (exact) mass is 902 g/mol. The highest BCUT2D eigenvalue weighted by Gasteiger charge is 2.17. The van der Waals surface area contributed by atoms with E-state index in [4.69, 9.17) is 9.59 Å². The number of hydrogen-bond donors (Lipinski definition) is 10. The van der Waals surface area contributed by atoms with Crippen molar-refractivity contribution in [2.24, 2.45) is 0 Å². The maximum absolute atomic E-state index is 12.7. The van der Waals surface area contributed by atoms with Gasteiger partial charge in [-0.05, 0) is 87.5 Å². The first-order valence-electron chi connectivity index (χ1n) is 20.3. The summed E-state index contributed by atoms with van der Waals surface area (Å²) in [7, 11) is -4.74. The van der Waals surface area contributed by atoms with Crippen molar-refractivity contribution in [2.75, 3.05) is 111 Å². The Kier molecular flexibility index (Phi) is 21.2. The number of anilines is 8. The maximum Gasteiger partial charge on any atom is 0.295 e. The van der Waals surface area contributed by atoms with E-state index in [0.717, 1.165) is 52.1 Å². The third-order valence-corrected chi connectivity index (χ3v) is 10.7. The topological polar surface area (TPSA) is 290 Å². The normalized spacial score (nSPS) is 11.7. The molecule has 4 aromatic rings. The van der Waals surface area contributed by atoms with E-state index in [-0.39, 0.29) is 67.3 Å². The highest BCUT2D eigenvalue weighted by atomic mass is 32.2. The van der Waals surface area contributed by atoms with Crippen molar-refractivity contribution in [3.8, 4) is 0 Å². The zero-order valence-corrected chi connectivity index (χ0v) is 37.0. The molecule has 2 heterocycles. The molecule has 0 aliphatic heterocycles. The van der Waals surface area contributed by atoms with Crippen molar-refractivity contribution in [3.05, 3.63) is 47.5 Å². The molecule has 22 nitrogen and oxygen atoms in total. The molecule has 0 radical (unpaired) electrons. The molecule has 4 rings (SSSR count). The summed E-state index contributed by atoms with van der Waals surface area (Å²) >= 11 is 0.677. The molecule has 0 saturated heterocycles. The molecule has 0 unspecified atom stereocenters. The van der Waals surface area contributed by atoms with Crippen LogP contribution in [-0.4, -0.2) is 147 Å². The predicted molar refractivity (Wildman–Crippen MR) is 241 cm³/mol. The van der Waals surface area contributed by atoms with Crippen LogP contribution in [0.25, 0.3) is 12.2 Å². The molecule has 0 spiro atoms. The lowest BCUT2D eigenvalue weighted by Crippen LogP contribution is -2.25. The first-order chi connectivity index (χ1) is 30.0. The summed E-state index contributed by atoms with van der Waals surface area (Å²) in [5, 5.41) is 49.9. The van der Waals surface area contributed by atoms with Gasteiger partial charge in [-0.1, -0.05) is 57.0 Å². The van der Waals surface area contributed by atoms with Crippen LogP contribution in [0, 0.1) is 0 Å². The highest BCUT2D eigenvalue weighted by Crippen LogP contribution is 2.31. The highest BCUT2D eigenvalue weighted by molar-refractivity contribution is 7.94. The van der Waals surface area contributed by atoms with E-state index in [9.17, 15) is 23.2 Å². The zero-order chi connectivity index (χ0) is 44.7. The quantitative estimate of drug-likeness (QED) is 0.00861. The summed E-state index contributed by atoms with van der Waals surface area (Å²) in [6, 6.07) is 9.41. The number of aliphatic hydroxyl groups is 2. The van der Waals surface area contributed by atoms with E-state index < -0.39 is 15.0 Å². The fraction of sp³-hybridized carbons (Fsp3) is 0.474. The Hall–Kier alpha value is -5.02. The van der Waals surface area contributed by atoms with E-state index in [0.29, 0.717) is 47.2 Å². The predicted octanol–water partition coefficient (Wildman–Crippen LogP) is 4.49. The molecule has 0 aliphatic carbocycles. The third kappa shape index (κ3) is 16.7. The number of aromatic nitrogens is 6. The number of benzene rings is 2. The van der Waals surface area contributed by atoms with E-state index in [2.05, 4.69) is 104 Å². The van der Waals surface area contributed by atoms with E-state index in [1.54, 1.807) is 30.3 Å². The molecular formula is C38H58N14O8S2. The van der Waals surface area contributed by atoms with Crippen LogP contribution in [0.3, 0.4) is 0 Å². The van der Waals surface area contributed by atoms with Crippen LogP contribution in [0.1, 0.15) is 51.7 Å². The minimum Gasteiger partial charge on any atom is -0.395 e. The Balaban J connectivity index is 1.56. The van der Waals surface area contributed by atoms with E-state index >= 15 is 0 Å². The van der Waals surface area contributed by atoms with Crippen molar-refractivity contribution < 1.29 is 37.8 Å². The van der Waals surface area contributed by atoms with Gasteiger partial charge in [-0.15, -0.1) is 4.33 Å². The van der Waals surface area contributed by atoms with Crippen LogP contribution in [0.5, 0.6) is 0 Å². The summed E-state index contributed by atoms with van der Waals surface area (Å²) in [6.07, 6.45) is 4.79. The summed E-state index contributed by atoms with van der Waals surface area (Å²) in [4.78, 5) is 31.1. The number of nitrogens with zero attached hydrogens (tertiary/aromatic N) is 8. The molecule has 0 aliphatic rings. The van der Waals surface area contributed by atoms with Gasteiger partial charge in [-0.2, -0.15) is 38.3 Å². The number of rotatable bonds is 30. The van der Waals surface area contributed by atoms with Gasteiger partial charge in [0.25, 0.3) is 10.1 Å². The summed E-state index contributed by atoms with van der Waals surface area (Å²) in [5.41, 5.74) is 1.44. The molecule has 10 N–H and O–H groups in total. The number of aliphatic hydroxyl groups excluding tert-OH is 2. The molecule has 0 fully saturated rings. The van der Waals surface area contributed by atoms with Gasteiger partial charge >= 0.3 is 0 Å². The van der Waals surface area contributed by atoms with Crippen LogP contribution >= 0.6 is 12.0 Å². The van der Waals surface area contributed by atoms with Crippen molar-refractivity contribution in [3.63, 3.8) is 0 Å². The van der Waals surface area contributed by atoms with Crippen LogP contribution in [-0.2, 0) is 19.5 Å². The SMILES string of the molecule is CCN(CC)CCCNc1nc(NCCO)nc(Nc2ccc(C=Cc3ccc(Nc4nc(NCCO)nc(NCCCN(CC)CC)n4)cc3S(=O)(=O)O)c(SOOO)c2)n1. The van der Waals surface area contributed by atoms with Gasteiger partial charge in [0.15, 0.2) is 0 Å². The van der Waals surface area contributed by atoms with Crippen molar-refractivity contribution >= 4 is 81.4 Å². The minimum absolute atomic E-state index is 0.0888. The van der Waals surface area contributed by atoms with Gasteiger partial charge in [0.2, 0.25) is 35.7 Å². The molecule has 2 aromatic carbocycles. The second-order valence-electron chi connectivity index (χ2n) is 13.3. The minimum atomic E-state index is -4.74. The van der Waals surface area contributed by atoms with Gasteiger partial charge in [0.1, 0.15) is 4.90 Å². The van der Waals surface area contributed by atoms with E-state index in [1.807, 2.05) is 0 Å². The zero-order valence-electron chi connectivity index (χ0n) is 35.3. The standard InChI is InChI=1S/C38H58N14O8S2/c1-5-51(6-2)21-9-17-39-33-45-35(41-19-23-53)49-37(47-33)43-29-15-13-27(31(25-29)61-60-59-55)11-12-28-14-16-30(26-32(28)62(56,57)58)44-38-48-34(46-36(50-38)42-20-24-54)40-18-10-22-52(7-3)8-4/h11-16,25-26,53-55H,5-10,17-24H2,1-4H3,(H,56,57,58)(H3,39,41,43,45,47,49)(H3,40,42,44,46,48,50). The van der Waals surface area contributed by atoms with Gasteiger partial charge < -0.3 is 51.9 Å². The first-order valence-corrected chi connectivity index (χ1v) is 22.5. The maximum atomic E-state index is 12.7. The van der Waals surface area contributed by atoms with Crippen molar-refractivity contribution in [1.29, 1.82) is 0 Å². The number of hydrogen-bond acceptors (Lipinski definition) is 22.